The van der Waals surface area contributed by atoms with Crippen LogP contribution in [0.1, 0.15) is 12.2 Å². The van der Waals surface area contributed by atoms with E-state index in [1.807, 2.05) is 43.3 Å². The molecule has 1 aromatic heterocycles. The average Bonchev–Trinajstić information content (AvgIpc) is 3.30. The number of nitrogens with one attached hydrogen (secondary N) is 1. The molecule has 1 fully saturated rings. The first-order valence-corrected chi connectivity index (χ1v) is 8.40. The highest BCUT2D eigenvalue weighted by atomic mass is 16.4. The van der Waals surface area contributed by atoms with Crippen LogP contribution >= 0.6 is 0 Å². The number of hydrogen-bond acceptors (Lipinski definition) is 4. The largest absolute Gasteiger partial charge is 0.550 e. The number of aryl methyl sites for hydroxylation is 1. The molecular formula is C20H18NO4-. The second kappa shape index (κ2) is 5.92. The molecule has 4 atom stereocenters. The minimum absolute atomic E-state index is 0.0155. The van der Waals surface area contributed by atoms with Crippen LogP contribution in [-0.2, 0) is 9.59 Å². The normalized spacial score (nSPS) is 26.8. The molecule has 2 bridgehead atoms. The van der Waals surface area contributed by atoms with Gasteiger partial charge < -0.3 is 19.6 Å². The van der Waals surface area contributed by atoms with Crippen molar-refractivity contribution in [2.24, 2.45) is 23.7 Å². The van der Waals surface area contributed by atoms with Gasteiger partial charge in [-0.3, -0.25) is 4.79 Å². The predicted molar refractivity (Wildman–Crippen MR) is 90.2 cm³/mol. The molecule has 1 aromatic carbocycles. The fourth-order valence-corrected chi connectivity index (χ4v) is 4.03. The van der Waals surface area contributed by atoms with E-state index in [-0.39, 0.29) is 17.7 Å². The molecule has 1 amide bonds. The van der Waals surface area contributed by atoms with Gasteiger partial charge in [0.15, 0.2) is 0 Å². The summed E-state index contributed by atoms with van der Waals surface area (Å²) in [5, 5.41) is 14.3. The fourth-order valence-electron chi connectivity index (χ4n) is 4.03. The molecule has 2 aliphatic rings. The molecule has 0 unspecified atom stereocenters. The number of carbonyl (C=O) groups is 2. The van der Waals surface area contributed by atoms with Gasteiger partial charge in [0.2, 0.25) is 5.91 Å². The van der Waals surface area contributed by atoms with Crippen LogP contribution in [0.5, 0.6) is 0 Å². The third-order valence-electron chi connectivity index (χ3n) is 5.21. The minimum Gasteiger partial charge on any atom is -0.550 e. The number of aliphatic carboxylic acids is 1. The average molecular weight is 336 g/mol. The van der Waals surface area contributed by atoms with Crippen LogP contribution in [0.2, 0.25) is 0 Å². The fraction of sp³-hybridized carbons (Fsp3) is 0.300. The van der Waals surface area contributed by atoms with E-state index in [0.29, 0.717) is 12.1 Å². The molecule has 1 saturated carbocycles. The summed E-state index contributed by atoms with van der Waals surface area (Å²) in [6.07, 6.45) is 4.57. The van der Waals surface area contributed by atoms with E-state index in [9.17, 15) is 14.7 Å². The number of carboxylic acids is 1. The molecular weight excluding hydrogens is 318 g/mol. The quantitative estimate of drug-likeness (QED) is 0.869. The highest BCUT2D eigenvalue weighted by Gasteiger charge is 2.48. The summed E-state index contributed by atoms with van der Waals surface area (Å²) in [4.78, 5) is 24.0. The van der Waals surface area contributed by atoms with Crippen LogP contribution < -0.4 is 10.4 Å². The zero-order valence-corrected chi connectivity index (χ0v) is 13.8. The Hall–Kier alpha value is -2.82. The maximum absolute atomic E-state index is 12.6. The SMILES string of the molecule is Cc1ccc(-c2ccc(NC(=O)[C@@H]3[C@@H](C(=O)[O-])[C@@H]4C=C[C@H]3C4)cc2)o1. The van der Waals surface area contributed by atoms with Crippen molar-refractivity contribution in [3.63, 3.8) is 0 Å². The highest BCUT2D eigenvalue weighted by Crippen LogP contribution is 2.48. The number of anilines is 1. The summed E-state index contributed by atoms with van der Waals surface area (Å²) in [7, 11) is 0. The van der Waals surface area contributed by atoms with Crippen LogP contribution in [0.4, 0.5) is 5.69 Å². The van der Waals surface area contributed by atoms with Crippen molar-refractivity contribution in [2.75, 3.05) is 5.32 Å². The summed E-state index contributed by atoms with van der Waals surface area (Å²) in [5.41, 5.74) is 1.56. The second-order valence-corrected chi connectivity index (χ2v) is 6.80. The van der Waals surface area contributed by atoms with Crippen molar-refractivity contribution in [3.05, 3.63) is 54.3 Å². The standard InChI is InChI=1S/C20H19NO4/c1-11-2-9-16(25-11)12-5-7-15(8-6-12)21-19(22)17-13-3-4-14(10-13)18(17)20(23)24/h2-9,13-14,17-18H,10H2,1H3,(H,21,22)(H,23,24)/p-1/t13-,14+,17-,18-/m0/s1. The summed E-state index contributed by atoms with van der Waals surface area (Å²) in [6, 6.07) is 11.1. The van der Waals surface area contributed by atoms with Gasteiger partial charge >= 0.3 is 0 Å². The van der Waals surface area contributed by atoms with Crippen molar-refractivity contribution >= 4 is 17.6 Å². The molecule has 128 valence electrons. The smallest absolute Gasteiger partial charge is 0.228 e. The lowest BCUT2D eigenvalue weighted by atomic mass is 9.82. The molecule has 0 aliphatic heterocycles. The van der Waals surface area contributed by atoms with Gasteiger partial charge in [0.25, 0.3) is 0 Å². The first-order chi connectivity index (χ1) is 12.0. The molecule has 5 nitrogen and oxygen atoms in total. The maximum Gasteiger partial charge on any atom is 0.228 e. The van der Waals surface area contributed by atoms with E-state index in [0.717, 1.165) is 17.1 Å². The first-order valence-electron chi connectivity index (χ1n) is 8.40. The maximum atomic E-state index is 12.6. The Morgan fingerprint density at radius 1 is 1.04 bits per heavy atom. The Morgan fingerprint density at radius 3 is 2.32 bits per heavy atom. The number of carbonyl (C=O) groups excluding carboxylic acids is 2. The number of furan rings is 1. The lowest BCUT2D eigenvalue weighted by molar-refractivity contribution is -0.313. The van der Waals surface area contributed by atoms with E-state index < -0.39 is 17.8 Å². The van der Waals surface area contributed by atoms with Crippen molar-refractivity contribution < 1.29 is 19.1 Å². The van der Waals surface area contributed by atoms with E-state index in [1.54, 1.807) is 12.1 Å². The number of benzene rings is 1. The van der Waals surface area contributed by atoms with Gasteiger partial charge in [-0.15, -0.1) is 0 Å². The third-order valence-corrected chi connectivity index (χ3v) is 5.21. The third kappa shape index (κ3) is 2.76. The number of allylic oxidation sites excluding steroid dienone is 2. The molecule has 5 heteroatoms. The van der Waals surface area contributed by atoms with E-state index >= 15 is 0 Å². The topological polar surface area (TPSA) is 82.4 Å². The Labute approximate surface area is 145 Å². The first kappa shape index (κ1) is 15.7. The van der Waals surface area contributed by atoms with Crippen LogP contribution in [0.15, 0.2) is 53.0 Å². The molecule has 0 saturated heterocycles. The summed E-state index contributed by atoms with van der Waals surface area (Å²) < 4.78 is 5.58. The molecule has 0 radical (unpaired) electrons. The molecule has 1 heterocycles. The number of carboxylic acid groups (broad SMARTS) is 1. The molecule has 2 aromatic rings. The van der Waals surface area contributed by atoms with E-state index in [4.69, 9.17) is 4.42 Å². The van der Waals surface area contributed by atoms with Gasteiger partial charge in [0.1, 0.15) is 11.5 Å². The summed E-state index contributed by atoms with van der Waals surface area (Å²) >= 11 is 0. The zero-order valence-electron chi connectivity index (χ0n) is 13.8. The Kier molecular flexibility index (Phi) is 3.71. The number of rotatable bonds is 4. The van der Waals surface area contributed by atoms with Crippen molar-refractivity contribution in [1.29, 1.82) is 0 Å². The van der Waals surface area contributed by atoms with Crippen LogP contribution in [0.3, 0.4) is 0 Å². The van der Waals surface area contributed by atoms with Gasteiger partial charge in [-0.05, 0) is 61.6 Å². The predicted octanol–water partition coefficient (Wildman–Crippen LogP) is 2.38. The lowest BCUT2D eigenvalue weighted by Crippen LogP contribution is -2.42. The molecule has 4 rings (SSSR count). The van der Waals surface area contributed by atoms with Gasteiger partial charge in [-0.1, -0.05) is 12.2 Å². The molecule has 1 N–H and O–H groups in total. The Morgan fingerprint density at radius 2 is 1.72 bits per heavy atom. The molecule has 2 aliphatic carbocycles. The van der Waals surface area contributed by atoms with Crippen LogP contribution in [-0.4, -0.2) is 11.9 Å². The van der Waals surface area contributed by atoms with Crippen molar-refractivity contribution in [1.82, 2.24) is 0 Å². The lowest BCUT2D eigenvalue weighted by Gasteiger charge is -2.27. The Bertz CT molecular complexity index is 849. The number of amides is 1. The van der Waals surface area contributed by atoms with Crippen molar-refractivity contribution in [2.45, 2.75) is 13.3 Å². The van der Waals surface area contributed by atoms with E-state index in [2.05, 4.69) is 5.32 Å². The van der Waals surface area contributed by atoms with Crippen LogP contribution in [0, 0.1) is 30.6 Å². The number of fused-ring (bicyclic) bond motifs is 2. The van der Waals surface area contributed by atoms with E-state index in [1.165, 1.54) is 0 Å². The number of hydrogen-bond donors (Lipinski definition) is 1. The molecule has 0 spiro atoms. The summed E-state index contributed by atoms with van der Waals surface area (Å²) in [5.74, 6) is -1.19. The summed E-state index contributed by atoms with van der Waals surface area (Å²) in [6.45, 7) is 1.88. The monoisotopic (exact) mass is 336 g/mol. The van der Waals surface area contributed by atoms with Gasteiger partial charge in [-0.25, -0.2) is 0 Å². The highest BCUT2D eigenvalue weighted by molar-refractivity contribution is 5.96. The van der Waals surface area contributed by atoms with Crippen molar-refractivity contribution in [3.8, 4) is 11.3 Å². The Balaban J connectivity index is 1.49. The second-order valence-electron chi connectivity index (χ2n) is 6.80. The van der Waals surface area contributed by atoms with Gasteiger partial charge in [0.05, 0.1) is 5.92 Å². The van der Waals surface area contributed by atoms with Gasteiger partial charge in [-0.2, -0.15) is 0 Å². The minimum atomic E-state index is -1.14. The molecule has 25 heavy (non-hydrogen) atoms. The zero-order chi connectivity index (χ0) is 17.6. The van der Waals surface area contributed by atoms with Crippen LogP contribution in [0.25, 0.3) is 11.3 Å². The van der Waals surface area contributed by atoms with Gasteiger partial charge in [0, 0.05) is 23.1 Å².